The van der Waals surface area contributed by atoms with Gasteiger partial charge in [-0.15, -0.1) is 0 Å². The van der Waals surface area contributed by atoms with E-state index in [0.29, 0.717) is 23.3 Å². The third-order valence-corrected chi connectivity index (χ3v) is 2.36. The summed E-state index contributed by atoms with van der Waals surface area (Å²) < 4.78 is 4.91. The molecule has 0 atom stereocenters. The number of aromatic nitrogens is 2. The van der Waals surface area contributed by atoms with E-state index in [-0.39, 0.29) is 0 Å². The summed E-state index contributed by atoms with van der Waals surface area (Å²) in [5, 5.41) is 7.31. The van der Waals surface area contributed by atoms with E-state index in [1.807, 2.05) is 24.3 Å². The zero-order valence-corrected chi connectivity index (χ0v) is 8.95. The Hall–Kier alpha value is -1.55. The summed E-state index contributed by atoms with van der Waals surface area (Å²) in [7, 11) is 1.73. The van der Waals surface area contributed by atoms with Crippen molar-refractivity contribution in [2.45, 2.75) is 6.42 Å². The molecule has 0 saturated carbocycles. The SMILES string of the molecule is CNc1nc(Cc2ccccc2Cl)no1. The molecule has 0 aliphatic carbocycles. The van der Waals surface area contributed by atoms with Crippen LogP contribution in [0, 0.1) is 0 Å². The van der Waals surface area contributed by atoms with E-state index in [0.717, 1.165) is 5.56 Å². The minimum atomic E-state index is 0.414. The molecular weight excluding hydrogens is 214 g/mol. The average Bonchev–Trinajstić information content (AvgIpc) is 2.69. The minimum Gasteiger partial charge on any atom is -0.341 e. The molecular formula is C10H10ClN3O. The van der Waals surface area contributed by atoms with Gasteiger partial charge in [0.2, 0.25) is 0 Å². The van der Waals surface area contributed by atoms with Crippen LogP contribution in [-0.2, 0) is 6.42 Å². The van der Waals surface area contributed by atoms with E-state index in [1.165, 1.54) is 0 Å². The fraction of sp³-hybridized carbons (Fsp3) is 0.200. The first-order chi connectivity index (χ1) is 7.29. The monoisotopic (exact) mass is 223 g/mol. The maximum Gasteiger partial charge on any atom is 0.321 e. The van der Waals surface area contributed by atoms with Gasteiger partial charge in [-0.1, -0.05) is 35.0 Å². The standard InChI is InChI=1S/C10H10ClN3O/c1-12-10-13-9(14-15-10)6-7-4-2-3-5-8(7)11/h2-5H,6H2,1H3,(H,12,13,14). The van der Waals surface area contributed by atoms with Crippen molar-refractivity contribution in [2.75, 3.05) is 12.4 Å². The molecule has 1 heterocycles. The average molecular weight is 224 g/mol. The zero-order valence-electron chi connectivity index (χ0n) is 8.20. The summed E-state index contributed by atoms with van der Waals surface area (Å²) in [5.74, 6) is 0.618. The van der Waals surface area contributed by atoms with Gasteiger partial charge >= 0.3 is 6.01 Å². The summed E-state index contributed by atoms with van der Waals surface area (Å²) in [5.41, 5.74) is 0.989. The largest absolute Gasteiger partial charge is 0.341 e. The molecule has 0 saturated heterocycles. The molecule has 2 aromatic rings. The van der Waals surface area contributed by atoms with Crippen molar-refractivity contribution in [2.24, 2.45) is 0 Å². The number of halogens is 1. The maximum absolute atomic E-state index is 6.01. The second-order valence-electron chi connectivity index (χ2n) is 3.03. The predicted molar refractivity (Wildman–Crippen MR) is 58.1 cm³/mol. The number of hydrogen-bond donors (Lipinski definition) is 1. The highest BCUT2D eigenvalue weighted by atomic mass is 35.5. The lowest BCUT2D eigenvalue weighted by molar-refractivity contribution is 0.425. The molecule has 0 fully saturated rings. The highest BCUT2D eigenvalue weighted by Crippen LogP contribution is 2.18. The van der Waals surface area contributed by atoms with Crippen LogP contribution in [0.1, 0.15) is 11.4 Å². The van der Waals surface area contributed by atoms with Gasteiger partial charge in [-0.05, 0) is 11.6 Å². The maximum atomic E-state index is 6.01. The van der Waals surface area contributed by atoms with Crippen molar-refractivity contribution in [3.8, 4) is 0 Å². The Labute approximate surface area is 92.3 Å². The van der Waals surface area contributed by atoms with Gasteiger partial charge in [0.1, 0.15) is 0 Å². The highest BCUT2D eigenvalue weighted by molar-refractivity contribution is 6.31. The number of anilines is 1. The van der Waals surface area contributed by atoms with Crippen LogP contribution >= 0.6 is 11.6 Å². The Morgan fingerprint density at radius 3 is 2.87 bits per heavy atom. The van der Waals surface area contributed by atoms with Crippen LogP contribution in [0.25, 0.3) is 0 Å². The normalized spacial score (nSPS) is 10.3. The van der Waals surface area contributed by atoms with Crippen molar-refractivity contribution in [1.29, 1.82) is 0 Å². The molecule has 4 nitrogen and oxygen atoms in total. The van der Waals surface area contributed by atoms with Crippen LogP contribution in [0.3, 0.4) is 0 Å². The molecule has 0 aliphatic heterocycles. The Morgan fingerprint density at radius 2 is 2.20 bits per heavy atom. The molecule has 5 heteroatoms. The zero-order chi connectivity index (χ0) is 10.7. The van der Waals surface area contributed by atoms with Gasteiger partial charge < -0.3 is 9.84 Å². The Balaban J connectivity index is 2.18. The van der Waals surface area contributed by atoms with Crippen molar-refractivity contribution < 1.29 is 4.52 Å². The van der Waals surface area contributed by atoms with Crippen LogP contribution in [0.5, 0.6) is 0 Å². The van der Waals surface area contributed by atoms with E-state index in [9.17, 15) is 0 Å². The molecule has 0 aliphatic rings. The molecule has 0 amide bonds. The fourth-order valence-corrected chi connectivity index (χ4v) is 1.44. The number of rotatable bonds is 3. The minimum absolute atomic E-state index is 0.414. The summed E-state index contributed by atoms with van der Waals surface area (Å²) in [6.45, 7) is 0. The van der Waals surface area contributed by atoms with Crippen molar-refractivity contribution in [3.63, 3.8) is 0 Å². The summed E-state index contributed by atoms with van der Waals surface area (Å²) in [6, 6.07) is 8.02. The lowest BCUT2D eigenvalue weighted by Crippen LogP contribution is -1.92. The number of nitrogens with zero attached hydrogens (tertiary/aromatic N) is 2. The van der Waals surface area contributed by atoms with Gasteiger partial charge in [0, 0.05) is 18.5 Å². The van der Waals surface area contributed by atoms with Crippen molar-refractivity contribution in [1.82, 2.24) is 10.1 Å². The molecule has 0 bridgehead atoms. The number of hydrogen-bond acceptors (Lipinski definition) is 4. The fourth-order valence-electron chi connectivity index (χ4n) is 1.24. The molecule has 1 aromatic carbocycles. The third kappa shape index (κ3) is 2.27. The lowest BCUT2D eigenvalue weighted by Gasteiger charge is -1.98. The van der Waals surface area contributed by atoms with Crippen LogP contribution in [-0.4, -0.2) is 17.2 Å². The quantitative estimate of drug-likeness (QED) is 0.868. The molecule has 0 spiro atoms. The first kappa shape index (κ1) is 9.98. The van der Waals surface area contributed by atoms with Crippen molar-refractivity contribution >= 4 is 17.6 Å². The molecule has 1 N–H and O–H groups in total. The van der Waals surface area contributed by atoms with E-state index in [2.05, 4.69) is 15.5 Å². The van der Waals surface area contributed by atoms with Gasteiger partial charge in [-0.25, -0.2) is 0 Å². The van der Waals surface area contributed by atoms with Gasteiger partial charge in [-0.2, -0.15) is 4.98 Å². The van der Waals surface area contributed by atoms with E-state index >= 15 is 0 Å². The first-order valence-electron chi connectivity index (χ1n) is 4.53. The second-order valence-corrected chi connectivity index (χ2v) is 3.44. The Kier molecular flexibility index (Phi) is 2.87. The van der Waals surface area contributed by atoms with Crippen LogP contribution in [0.2, 0.25) is 5.02 Å². The number of benzene rings is 1. The third-order valence-electron chi connectivity index (χ3n) is 1.99. The molecule has 0 radical (unpaired) electrons. The summed E-state index contributed by atoms with van der Waals surface area (Å²) in [6.07, 6.45) is 0.574. The topological polar surface area (TPSA) is 51.0 Å². The second kappa shape index (κ2) is 4.31. The summed E-state index contributed by atoms with van der Waals surface area (Å²) in [4.78, 5) is 4.12. The van der Waals surface area contributed by atoms with Gasteiger partial charge in [0.25, 0.3) is 0 Å². The molecule has 2 rings (SSSR count). The molecule has 1 aromatic heterocycles. The highest BCUT2D eigenvalue weighted by Gasteiger charge is 2.07. The lowest BCUT2D eigenvalue weighted by atomic mass is 10.1. The Bertz CT molecular complexity index is 455. The van der Waals surface area contributed by atoms with E-state index < -0.39 is 0 Å². The number of nitrogens with one attached hydrogen (secondary N) is 1. The first-order valence-corrected chi connectivity index (χ1v) is 4.91. The molecule has 0 unspecified atom stereocenters. The molecule has 15 heavy (non-hydrogen) atoms. The van der Waals surface area contributed by atoms with Crippen LogP contribution in [0.4, 0.5) is 6.01 Å². The van der Waals surface area contributed by atoms with E-state index in [4.69, 9.17) is 16.1 Å². The van der Waals surface area contributed by atoms with E-state index in [1.54, 1.807) is 7.05 Å². The van der Waals surface area contributed by atoms with Crippen LogP contribution in [0.15, 0.2) is 28.8 Å². The molecule has 78 valence electrons. The van der Waals surface area contributed by atoms with Crippen molar-refractivity contribution in [3.05, 3.63) is 40.7 Å². The summed E-state index contributed by atoms with van der Waals surface area (Å²) >= 11 is 6.01. The smallest absolute Gasteiger partial charge is 0.321 e. The van der Waals surface area contributed by atoms with Gasteiger partial charge in [0.05, 0.1) is 0 Å². The van der Waals surface area contributed by atoms with Gasteiger partial charge in [0.15, 0.2) is 5.82 Å². The van der Waals surface area contributed by atoms with Gasteiger partial charge in [-0.3, -0.25) is 0 Å². The predicted octanol–water partition coefficient (Wildman–Crippen LogP) is 2.36. The van der Waals surface area contributed by atoms with Crippen LogP contribution < -0.4 is 5.32 Å². The Morgan fingerprint density at radius 1 is 1.40 bits per heavy atom.